The first-order valence-corrected chi connectivity index (χ1v) is 23.2. The Bertz CT molecular complexity index is 4580. The van der Waals surface area contributed by atoms with E-state index in [1.54, 1.807) is 0 Å². The van der Waals surface area contributed by atoms with E-state index in [0.29, 0.717) is 17.5 Å². The zero-order valence-corrected chi connectivity index (χ0v) is 36.9. The number of furan rings is 2. The van der Waals surface area contributed by atoms with Gasteiger partial charge >= 0.3 is 0 Å². The van der Waals surface area contributed by atoms with Gasteiger partial charge in [-0.2, -0.15) is 0 Å². The van der Waals surface area contributed by atoms with E-state index in [-0.39, 0.29) is 0 Å². The maximum absolute atomic E-state index is 6.81. The molecule has 0 atom stereocenters. The van der Waals surface area contributed by atoms with Crippen LogP contribution in [-0.4, -0.2) is 19.5 Å². The molecule has 0 radical (unpaired) electrons. The molecule has 0 amide bonds. The van der Waals surface area contributed by atoms with Crippen LogP contribution >= 0.6 is 0 Å². The number of rotatable bonds is 5. The van der Waals surface area contributed by atoms with Gasteiger partial charge in [-0.15, -0.1) is 0 Å². The third-order valence-corrected chi connectivity index (χ3v) is 14.0. The van der Waals surface area contributed by atoms with Gasteiger partial charge in [-0.25, -0.2) is 15.0 Å². The maximum Gasteiger partial charge on any atom is 0.164 e. The van der Waals surface area contributed by atoms with Gasteiger partial charge in [0.25, 0.3) is 0 Å². The Kier molecular flexibility index (Phi) is 7.97. The van der Waals surface area contributed by atoms with Crippen molar-refractivity contribution >= 4 is 98.0 Å². The Hall–Kier alpha value is -9.39. The largest absolute Gasteiger partial charge is 0.456 e. The summed E-state index contributed by atoms with van der Waals surface area (Å²) < 4.78 is 15.4. The minimum Gasteiger partial charge on any atom is -0.456 e. The summed E-state index contributed by atoms with van der Waals surface area (Å²) in [6, 6.07) is 76.9. The summed E-state index contributed by atoms with van der Waals surface area (Å²) >= 11 is 0. The SMILES string of the molecule is c1ccc(-n2c3ccccc3c3ccc(-c4cccc5c4oc4ccc(-c6nc(-c7ccc8oc9ccccc9c8c7)nc(-c7ccc8c9ccccc9c9ccccc9c8c7)n6)cc45)cc32)cc1. The molecule has 15 aromatic rings. The second-order valence-electron chi connectivity index (χ2n) is 17.9. The van der Waals surface area contributed by atoms with Crippen LogP contribution in [0.3, 0.4) is 0 Å². The van der Waals surface area contributed by atoms with Crippen molar-refractivity contribution in [1.29, 1.82) is 0 Å². The van der Waals surface area contributed by atoms with Crippen molar-refractivity contribution in [3.63, 3.8) is 0 Å². The second-order valence-corrected chi connectivity index (χ2v) is 17.9. The van der Waals surface area contributed by atoms with E-state index in [1.807, 2.05) is 36.4 Å². The predicted octanol–water partition coefficient (Wildman–Crippen LogP) is 16.9. The molecule has 0 aliphatic heterocycles. The van der Waals surface area contributed by atoms with Crippen molar-refractivity contribution in [1.82, 2.24) is 19.5 Å². The van der Waals surface area contributed by atoms with Crippen LogP contribution in [0.1, 0.15) is 0 Å². The molecule has 0 unspecified atom stereocenters. The number of nitrogens with zero attached hydrogens (tertiary/aromatic N) is 4. The van der Waals surface area contributed by atoms with E-state index in [1.165, 1.54) is 43.2 Å². The molecule has 0 aliphatic carbocycles. The highest BCUT2D eigenvalue weighted by atomic mass is 16.3. The molecule has 4 aromatic heterocycles. The van der Waals surface area contributed by atoms with E-state index >= 15 is 0 Å². The number of aromatic nitrogens is 4. The van der Waals surface area contributed by atoms with Crippen LogP contribution < -0.4 is 0 Å². The lowest BCUT2D eigenvalue weighted by Gasteiger charge is -2.12. The van der Waals surface area contributed by atoms with Gasteiger partial charge in [0.15, 0.2) is 17.5 Å². The molecule has 0 spiro atoms. The Morgan fingerprint density at radius 1 is 0.275 bits per heavy atom. The molecule has 4 heterocycles. The van der Waals surface area contributed by atoms with Crippen LogP contribution in [0.4, 0.5) is 0 Å². The quantitative estimate of drug-likeness (QED) is 0.161. The van der Waals surface area contributed by atoms with Crippen molar-refractivity contribution in [2.24, 2.45) is 0 Å². The van der Waals surface area contributed by atoms with E-state index < -0.39 is 0 Å². The molecule has 6 nitrogen and oxygen atoms in total. The van der Waals surface area contributed by atoms with Crippen molar-refractivity contribution in [2.75, 3.05) is 0 Å². The molecule has 0 saturated carbocycles. The number of hydrogen-bond acceptors (Lipinski definition) is 5. The van der Waals surface area contributed by atoms with Gasteiger partial charge in [-0.05, 0) is 111 Å². The smallest absolute Gasteiger partial charge is 0.164 e. The Balaban J connectivity index is 0.911. The van der Waals surface area contributed by atoms with E-state index in [4.69, 9.17) is 23.8 Å². The Morgan fingerprint density at radius 3 is 1.43 bits per heavy atom. The Labute approximate surface area is 394 Å². The standard InChI is InChI=1S/C63H36N4O2/c1-2-13-41(14-3-1)67-55-23-10-8-19-48(55)49-30-25-37(36-56(49)67)42-21-12-22-51-54-35-40(28-32-59(54)69-60(42)51)63-65-61(64-62(66-63)39-27-31-58-53(34-39)50-20-9-11-24-57(50)68-58)38-26-29-47-45-17-5-4-15-43(45)44-16-6-7-18-46(44)52(47)33-38/h1-36H. The molecule has 11 aromatic carbocycles. The lowest BCUT2D eigenvalue weighted by atomic mass is 9.93. The Morgan fingerprint density at radius 2 is 0.739 bits per heavy atom. The first-order valence-electron chi connectivity index (χ1n) is 23.2. The van der Waals surface area contributed by atoms with Crippen LogP contribution in [0.5, 0.6) is 0 Å². The van der Waals surface area contributed by atoms with Gasteiger partial charge < -0.3 is 13.4 Å². The topological polar surface area (TPSA) is 69.9 Å². The van der Waals surface area contributed by atoms with Gasteiger partial charge in [0.2, 0.25) is 0 Å². The van der Waals surface area contributed by atoms with Gasteiger partial charge in [0.1, 0.15) is 22.3 Å². The van der Waals surface area contributed by atoms with Crippen LogP contribution in [0, 0.1) is 0 Å². The average Bonchev–Trinajstić information content (AvgIpc) is 4.10. The summed E-state index contributed by atoms with van der Waals surface area (Å²) in [5.41, 5.74) is 11.5. The monoisotopic (exact) mass is 880 g/mol. The number of para-hydroxylation sites is 4. The summed E-state index contributed by atoms with van der Waals surface area (Å²) in [6.07, 6.45) is 0. The van der Waals surface area contributed by atoms with E-state index in [9.17, 15) is 0 Å². The minimum atomic E-state index is 0.571. The van der Waals surface area contributed by atoms with Crippen molar-refractivity contribution in [3.05, 3.63) is 218 Å². The number of fused-ring (bicyclic) bond motifs is 15. The third-order valence-electron chi connectivity index (χ3n) is 14.0. The molecule has 0 aliphatic rings. The fourth-order valence-electron chi connectivity index (χ4n) is 10.8. The second kappa shape index (κ2) is 14.6. The van der Waals surface area contributed by atoms with Crippen molar-refractivity contribution in [3.8, 4) is 51.0 Å². The van der Waals surface area contributed by atoms with Gasteiger partial charge in [-0.1, -0.05) is 146 Å². The van der Waals surface area contributed by atoms with Crippen LogP contribution in [0.25, 0.3) is 149 Å². The molecule has 69 heavy (non-hydrogen) atoms. The van der Waals surface area contributed by atoms with E-state index in [2.05, 4.69) is 187 Å². The molecule has 15 rings (SSSR count). The summed E-state index contributed by atoms with van der Waals surface area (Å²) in [7, 11) is 0. The fraction of sp³-hybridized carbons (Fsp3) is 0. The van der Waals surface area contributed by atoms with Crippen LogP contribution in [0.2, 0.25) is 0 Å². The summed E-state index contributed by atoms with van der Waals surface area (Å²) in [5, 5.41) is 13.7. The van der Waals surface area contributed by atoms with Gasteiger partial charge in [-0.3, -0.25) is 0 Å². The molecule has 0 N–H and O–H groups in total. The normalized spacial score (nSPS) is 12.1. The average molecular weight is 881 g/mol. The fourth-order valence-corrected chi connectivity index (χ4v) is 10.8. The highest BCUT2D eigenvalue weighted by Crippen LogP contribution is 2.42. The number of hydrogen-bond donors (Lipinski definition) is 0. The lowest BCUT2D eigenvalue weighted by molar-refractivity contribution is 0.669. The first kappa shape index (κ1) is 37.8. The summed E-state index contributed by atoms with van der Waals surface area (Å²) in [6.45, 7) is 0. The lowest BCUT2D eigenvalue weighted by Crippen LogP contribution is -2.00. The molecule has 6 heteroatoms. The molecule has 320 valence electrons. The molecular weight excluding hydrogens is 845 g/mol. The molecular formula is C63H36N4O2. The third kappa shape index (κ3) is 5.76. The predicted molar refractivity (Wildman–Crippen MR) is 283 cm³/mol. The van der Waals surface area contributed by atoms with Crippen LogP contribution in [0.15, 0.2) is 227 Å². The first-order chi connectivity index (χ1) is 34.2. The summed E-state index contributed by atoms with van der Waals surface area (Å²) in [5.74, 6) is 1.74. The van der Waals surface area contributed by atoms with Gasteiger partial charge in [0, 0.05) is 60.3 Å². The van der Waals surface area contributed by atoms with Crippen molar-refractivity contribution < 1.29 is 8.83 Å². The van der Waals surface area contributed by atoms with Gasteiger partial charge in [0.05, 0.1) is 11.0 Å². The highest BCUT2D eigenvalue weighted by Gasteiger charge is 2.20. The van der Waals surface area contributed by atoms with E-state index in [0.717, 1.165) is 88.3 Å². The number of benzene rings is 11. The minimum absolute atomic E-state index is 0.571. The highest BCUT2D eigenvalue weighted by molar-refractivity contribution is 6.26. The molecule has 0 fully saturated rings. The summed E-state index contributed by atoms with van der Waals surface area (Å²) in [4.78, 5) is 15.8. The zero-order chi connectivity index (χ0) is 45.2. The molecule has 0 saturated heterocycles. The van der Waals surface area contributed by atoms with Crippen LogP contribution in [-0.2, 0) is 0 Å². The van der Waals surface area contributed by atoms with Crippen molar-refractivity contribution in [2.45, 2.75) is 0 Å². The zero-order valence-electron chi connectivity index (χ0n) is 36.9. The molecule has 0 bridgehead atoms. The maximum atomic E-state index is 6.81.